The summed E-state index contributed by atoms with van der Waals surface area (Å²) in [5, 5.41) is 22.5. The second-order valence-electron chi connectivity index (χ2n) is 15.4. The fourth-order valence-electron chi connectivity index (χ4n) is 8.90. The summed E-state index contributed by atoms with van der Waals surface area (Å²) < 4.78 is 6.87. The van der Waals surface area contributed by atoms with Crippen LogP contribution in [-0.2, 0) is 31.3 Å². The van der Waals surface area contributed by atoms with E-state index in [9.17, 15) is 19.5 Å². The summed E-state index contributed by atoms with van der Waals surface area (Å²) in [5.74, 6) is -0.998. The number of hydrazone groups is 2. The van der Waals surface area contributed by atoms with Gasteiger partial charge in [-0.05, 0) is 66.5 Å². The summed E-state index contributed by atoms with van der Waals surface area (Å²) in [6.45, 7) is 5.66. The number of amides is 3. The Bertz CT molecular complexity index is 2210. The summed E-state index contributed by atoms with van der Waals surface area (Å²) in [7, 11) is -2.94. The lowest BCUT2D eigenvalue weighted by Gasteiger charge is -2.32. The van der Waals surface area contributed by atoms with Gasteiger partial charge < -0.3 is 19.5 Å². The van der Waals surface area contributed by atoms with Gasteiger partial charge in [0.15, 0.2) is 13.9 Å². The van der Waals surface area contributed by atoms with Crippen LogP contribution in [0.5, 0.6) is 0 Å². The Kier molecular flexibility index (Phi) is 9.62. The highest BCUT2D eigenvalue weighted by molar-refractivity contribution is 6.71. The minimum Gasteiger partial charge on any atom is -0.432 e. The number of hydrogen-bond donors (Lipinski definition) is 2. The largest absolute Gasteiger partial charge is 0.432 e. The van der Waals surface area contributed by atoms with Gasteiger partial charge in [-0.25, -0.2) is 10.0 Å². The van der Waals surface area contributed by atoms with Crippen molar-refractivity contribution in [3.63, 3.8) is 0 Å². The third kappa shape index (κ3) is 6.52. The molecule has 4 aliphatic rings. The predicted molar refractivity (Wildman–Crippen MR) is 214 cm³/mol. The Morgan fingerprint density at radius 3 is 1.91 bits per heavy atom. The highest BCUT2D eigenvalue weighted by atomic mass is 28.4. The van der Waals surface area contributed by atoms with Crippen molar-refractivity contribution >= 4 is 54.5 Å². The molecule has 1 saturated heterocycles. The summed E-state index contributed by atoms with van der Waals surface area (Å²) >= 11 is 0. The van der Waals surface area contributed by atoms with E-state index in [2.05, 4.69) is 0 Å². The molecule has 4 aromatic rings. The highest BCUT2D eigenvalue weighted by Crippen LogP contribution is 2.60. The van der Waals surface area contributed by atoms with E-state index in [0.29, 0.717) is 41.9 Å². The number of aliphatic hydroxyl groups excluding tert-OH is 1. The van der Waals surface area contributed by atoms with E-state index in [-0.39, 0.29) is 49.3 Å². The van der Waals surface area contributed by atoms with Crippen LogP contribution in [0.2, 0.25) is 18.6 Å². The number of anilines is 3. The van der Waals surface area contributed by atoms with Crippen molar-refractivity contribution in [2.75, 3.05) is 21.5 Å². The van der Waals surface area contributed by atoms with Crippen LogP contribution in [0, 0.1) is 5.92 Å². The van der Waals surface area contributed by atoms with E-state index >= 15 is 4.79 Å². The average Bonchev–Trinajstić information content (AvgIpc) is 3.62. The molecule has 11 nitrogen and oxygen atoms in total. The highest BCUT2D eigenvalue weighted by Gasteiger charge is 2.66. The SMILES string of the molecule is C[C@H]1[C@H]([Si](C)(C)O)[C@@H](CCO)O[C@]12C(=O)N(Cc1cccc(N3N=C(c4ccccc4)CCC3=O)c1)c1ccc(N3N=C(c4ccccc4)CCC3=O)cc12. The Morgan fingerprint density at radius 1 is 0.764 bits per heavy atom. The van der Waals surface area contributed by atoms with Crippen LogP contribution in [0.3, 0.4) is 0 Å². The lowest BCUT2D eigenvalue weighted by atomic mass is 9.82. The molecule has 4 heterocycles. The van der Waals surface area contributed by atoms with Gasteiger partial charge in [-0.3, -0.25) is 14.4 Å². The summed E-state index contributed by atoms with van der Waals surface area (Å²) in [4.78, 5) is 55.1. The molecule has 282 valence electrons. The zero-order chi connectivity index (χ0) is 38.5. The van der Waals surface area contributed by atoms with Gasteiger partial charge in [-0.15, -0.1) is 0 Å². The lowest BCUT2D eigenvalue weighted by molar-refractivity contribution is -0.146. The summed E-state index contributed by atoms with van der Waals surface area (Å²) in [6, 6.07) is 32.6. The van der Waals surface area contributed by atoms with E-state index in [0.717, 1.165) is 28.1 Å². The minimum atomic E-state index is -2.94. The van der Waals surface area contributed by atoms with E-state index in [4.69, 9.17) is 14.9 Å². The van der Waals surface area contributed by atoms with Crippen LogP contribution in [0.4, 0.5) is 17.1 Å². The first kappa shape index (κ1) is 36.7. The van der Waals surface area contributed by atoms with Gasteiger partial charge >= 0.3 is 0 Å². The van der Waals surface area contributed by atoms with Gasteiger partial charge in [0.05, 0.1) is 41.1 Å². The molecule has 0 saturated carbocycles. The molecule has 4 atom stereocenters. The van der Waals surface area contributed by atoms with Crippen molar-refractivity contribution in [3.8, 4) is 0 Å². The fraction of sp³-hybridized carbons (Fsp3) is 0.326. The molecule has 2 N–H and O–H groups in total. The first-order valence-electron chi connectivity index (χ1n) is 19.0. The normalized spacial score (nSPS) is 24.1. The molecule has 4 aromatic carbocycles. The van der Waals surface area contributed by atoms with Crippen molar-refractivity contribution in [2.45, 2.75) is 75.9 Å². The Labute approximate surface area is 321 Å². The quantitative estimate of drug-likeness (QED) is 0.188. The molecule has 1 fully saturated rings. The lowest BCUT2D eigenvalue weighted by Crippen LogP contribution is -2.46. The average molecular weight is 756 g/mol. The molecule has 0 bridgehead atoms. The number of aliphatic hydroxyl groups is 1. The van der Waals surface area contributed by atoms with Crippen LogP contribution >= 0.6 is 0 Å². The van der Waals surface area contributed by atoms with Crippen LogP contribution in [0.25, 0.3) is 0 Å². The standard InChI is InChI=1S/C43H45N5O6Si/c1-28-41(55(2,3)53)38(23-24-49)54-43(28)34-26-33(48-40(51)22-19-36(45-48)31-14-8-5-9-15-31)17-20-37(34)46(42(43)52)27-29-11-10-16-32(25-29)47-39(50)21-18-35(44-47)30-12-6-4-7-13-30/h4-17,20,25-26,28,38,41,49,53H,18-19,21-24,27H2,1-3H3/t28-,38+,41-,43+/m0/s1. The molecule has 0 unspecified atom stereocenters. The number of carbonyl (C=O) groups excluding carboxylic acids is 3. The number of ether oxygens (including phenoxy) is 1. The molecule has 0 aromatic heterocycles. The van der Waals surface area contributed by atoms with Gasteiger partial charge in [0.1, 0.15) is 0 Å². The van der Waals surface area contributed by atoms with Crippen molar-refractivity contribution in [1.29, 1.82) is 0 Å². The molecule has 55 heavy (non-hydrogen) atoms. The molecule has 1 spiro atoms. The summed E-state index contributed by atoms with van der Waals surface area (Å²) in [6.07, 6.45) is 1.38. The molecule has 0 radical (unpaired) electrons. The molecular formula is C43H45N5O6Si. The van der Waals surface area contributed by atoms with Gasteiger partial charge in [0.2, 0.25) is 11.8 Å². The van der Waals surface area contributed by atoms with Crippen LogP contribution in [0.15, 0.2) is 113 Å². The molecule has 8 rings (SSSR count). The maximum atomic E-state index is 15.1. The maximum Gasteiger partial charge on any atom is 0.264 e. The number of rotatable bonds is 9. The zero-order valence-corrected chi connectivity index (χ0v) is 32.3. The number of benzene rings is 4. The Morgan fingerprint density at radius 2 is 1.35 bits per heavy atom. The number of fused-ring (bicyclic) bond motifs is 2. The second-order valence-corrected chi connectivity index (χ2v) is 19.3. The topological polar surface area (TPSA) is 135 Å². The number of carbonyl (C=O) groups is 3. The van der Waals surface area contributed by atoms with Crippen molar-refractivity contribution in [1.82, 2.24) is 0 Å². The van der Waals surface area contributed by atoms with Crippen molar-refractivity contribution in [2.24, 2.45) is 16.1 Å². The van der Waals surface area contributed by atoms with Crippen molar-refractivity contribution < 1.29 is 29.0 Å². The summed E-state index contributed by atoms with van der Waals surface area (Å²) in [5.41, 5.74) is 4.80. The van der Waals surface area contributed by atoms with Crippen molar-refractivity contribution in [3.05, 3.63) is 125 Å². The number of nitrogens with zero attached hydrogens (tertiary/aromatic N) is 5. The minimum absolute atomic E-state index is 0.110. The van der Waals surface area contributed by atoms with Gasteiger partial charge in [-0.2, -0.15) is 10.2 Å². The first-order valence-corrected chi connectivity index (χ1v) is 22.0. The second kappa shape index (κ2) is 14.4. The molecule has 3 amide bonds. The maximum absolute atomic E-state index is 15.1. The van der Waals surface area contributed by atoms with Gasteiger partial charge in [0.25, 0.3) is 5.91 Å². The predicted octanol–water partition coefficient (Wildman–Crippen LogP) is 6.48. The van der Waals surface area contributed by atoms with E-state index < -0.39 is 25.9 Å². The van der Waals surface area contributed by atoms with Gasteiger partial charge in [-0.1, -0.05) is 79.7 Å². The molecule has 0 aliphatic carbocycles. The Hall–Kier alpha value is -5.27. The van der Waals surface area contributed by atoms with Crippen LogP contribution in [0.1, 0.15) is 61.3 Å². The van der Waals surface area contributed by atoms with E-state index in [1.54, 1.807) is 4.90 Å². The zero-order valence-electron chi connectivity index (χ0n) is 31.3. The smallest absolute Gasteiger partial charge is 0.264 e. The molecule has 4 aliphatic heterocycles. The van der Waals surface area contributed by atoms with E-state index in [1.165, 1.54) is 10.0 Å². The van der Waals surface area contributed by atoms with E-state index in [1.807, 2.05) is 123 Å². The number of hydrogen-bond acceptors (Lipinski definition) is 8. The van der Waals surface area contributed by atoms with Crippen LogP contribution in [-0.4, -0.2) is 60.1 Å². The first-order chi connectivity index (χ1) is 26.5. The fourth-order valence-corrected chi connectivity index (χ4v) is 11.5. The molecule has 12 heteroatoms. The third-order valence-corrected chi connectivity index (χ3v) is 13.9. The molecular weight excluding hydrogens is 711 g/mol. The van der Waals surface area contributed by atoms with Crippen LogP contribution < -0.4 is 14.9 Å². The third-order valence-electron chi connectivity index (χ3n) is 11.4. The van der Waals surface area contributed by atoms with Gasteiger partial charge in [0, 0.05) is 49.3 Å². The monoisotopic (exact) mass is 755 g/mol. The Balaban J connectivity index is 1.19.